The molecule has 1 saturated heterocycles. The van der Waals surface area contributed by atoms with Crippen molar-refractivity contribution in [2.75, 3.05) is 51.2 Å². The van der Waals surface area contributed by atoms with E-state index in [0.717, 1.165) is 31.6 Å². The van der Waals surface area contributed by atoms with E-state index in [9.17, 15) is 14.7 Å². The summed E-state index contributed by atoms with van der Waals surface area (Å²) in [7, 11) is 1.80. The lowest BCUT2D eigenvalue weighted by Crippen LogP contribution is -2.51. The van der Waals surface area contributed by atoms with Crippen molar-refractivity contribution in [2.24, 2.45) is 0 Å². The van der Waals surface area contributed by atoms with Gasteiger partial charge in [0.1, 0.15) is 5.75 Å². The van der Waals surface area contributed by atoms with E-state index in [4.69, 9.17) is 0 Å². The van der Waals surface area contributed by atoms with E-state index in [2.05, 4.69) is 10.2 Å². The van der Waals surface area contributed by atoms with Gasteiger partial charge in [0, 0.05) is 37.9 Å². The molecule has 25 heavy (non-hydrogen) atoms. The van der Waals surface area contributed by atoms with Gasteiger partial charge in [-0.15, -0.1) is 0 Å². The second-order valence-electron chi connectivity index (χ2n) is 6.90. The molecule has 2 aliphatic rings. The van der Waals surface area contributed by atoms with E-state index in [1.165, 1.54) is 0 Å². The molecule has 0 radical (unpaired) electrons. The zero-order valence-electron chi connectivity index (χ0n) is 14.6. The first-order chi connectivity index (χ1) is 12.0. The number of rotatable bonds is 6. The molecule has 0 unspecified atom stereocenters. The predicted octanol–water partition coefficient (Wildman–Crippen LogP) is 0.251. The third kappa shape index (κ3) is 5.09. The lowest BCUT2D eigenvalue weighted by atomic mass is 10.2. The van der Waals surface area contributed by atoms with Crippen molar-refractivity contribution >= 4 is 17.5 Å². The Bertz CT molecular complexity index is 607. The maximum atomic E-state index is 12.4. The topological polar surface area (TPSA) is 76.1 Å². The number of carbonyl (C=O) groups is 2. The number of carbonyl (C=O) groups excluding carboxylic acids is 2. The Kier molecular flexibility index (Phi) is 5.43. The van der Waals surface area contributed by atoms with Gasteiger partial charge in [0.2, 0.25) is 11.8 Å². The molecule has 2 N–H and O–H groups in total. The molecular formula is C18H26N4O3. The third-order valence-corrected chi connectivity index (χ3v) is 4.61. The van der Waals surface area contributed by atoms with E-state index in [1.807, 2.05) is 17.0 Å². The number of hydrogen-bond acceptors (Lipinski definition) is 5. The Morgan fingerprint density at radius 1 is 1.12 bits per heavy atom. The molecule has 2 amide bonds. The maximum Gasteiger partial charge on any atom is 0.236 e. The highest BCUT2D eigenvalue weighted by molar-refractivity contribution is 5.81. The smallest absolute Gasteiger partial charge is 0.236 e. The molecule has 0 bridgehead atoms. The van der Waals surface area contributed by atoms with Crippen molar-refractivity contribution in [3.63, 3.8) is 0 Å². The number of piperazine rings is 1. The van der Waals surface area contributed by atoms with Crippen molar-refractivity contribution in [3.8, 4) is 5.75 Å². The van der Waals surface area contributed by atoms with Gasteiger partial charge >= 0.3 is 0 Å². The number of anilines is 1. The third-order valence-electron chi connectivity index (χ3n) is 4.61. The summed E-state index contributed by atoms with van der Waals surface area (Å²) in [6.07, 6.45) is 2.14. The fourth-order valence-electron chi connectivity index (χ4n) is 3.01. The molecule has 1 heterocycles. The Labute approximate surface area is 148 Å². The summed E-state index contributed by atoms with van der Waals surface area (Å²) in [5.74, 6) is 0.313. The zero-order valence-corrected chi connectivity index (χ0v) is 14.6. The van der Waals surface area contributed by atoms with Crippen LogP contribution in [0.1, 0.15) is 12.8 Å². The van der Waals surface area contributed by atoms with Crippen molar-refractivity contribution in [2.45, 2.75) is 18.9 Å². The summed E-state index contributed by atoms with van der Waals surface area (Å²) in [6.45, 7) is 3.39. The summed E-state index contributed by atoms with van der Waals surface area (Å²) < 4.78 is 0. The standard InChI is InChI=1S/C18H26N4O3/c1-20(12-17(24)19-14-2-3-14)13-18(25)22-10-8-21(9-11-22)15-4-6-16(23)7-5-15/h4-7,14,23H,2-3,8-13H2,1H3,(H,19,24). The highest BCUT2D eigenvalue weighted by Crippen LogP contribution is 2.20. The van der Waals surface area contributed by atoms with Gasteiger partial charge in [0.25, 0.3) is 0 Å². The van der Waals surface area contributed by atoms with Crippen LogP contribution in [-0.4, -0.2) is 79.1 Å². The van der Waals surface area contributed by atoms with Crippen LogP contribution in [0.5, 0.6) is 5.75 Å². The quantitative estimate of drug-likeness (QED) is 0.772. The van der Waals surface area contributed by atoms with Gasteiger partial charge in [0.05, 0.1) is 13.1 Å². The van der Waals surface area contributed by atoms with Crippen molar-refractivity contribution < 1.29 is 14.7 Å². The average molecular weight is 346 g/mol. The van der Waals surface area contributed by atoms with Gasteiger partial charge < -0.3 is 20.2 Å². The first kappa shape index (κ1) is 17.5. The van der Waals surface area contributed by atoms with Gasteiger partial charge in [0.15, 0.2) is 0 Å². The second-order valence-corrected chi connectivity index (χ2v) is 6.90. The molecular weight excluding hydrogens is 320 g/mol. The second kappa shape index (κ2) is 7.74. The molecule has 1 aromatic rings. The molecule has 1 aliphatic carbocycles. The van der Waals surface area contributed by atoms with Gasteiger partial charge in [-0.3, -0.25) is 14.5 Å². The van der Waals surface area contributed by atoms with Crippen LogP contribution in [0, 0.1) is 0 Å². The normalized spacial score (nSPS) is 17.7. The Morgan fingerprint density at radius 2 is 1.76 bits per heavy atom. The van der Waals surface area contributed by atoms with Crippen LogP contribution >= 0.6 is 0 Å². The van der Waals surface area contributed by atoms with Crippen LogP contribution < -0.4 is 10.2 Å². The van der Waals surface area contributed by atoms with Gasteiger partial charge in [-0.25, -0.2) is 0 Å². The van der Waals surface area contributed by atoms with Crippen LogP contribution in [0.25, 0.3) is 0 Å². The van der Waals surface area contributed by atoms with Crippen molar-refractivity contribution in [3.05, 3.63) is 24.3 Å². The van der Waals surface area contributed by atoms with E-state index in [-0.39, 0.29) is 30.7 Å². The zero-order chi connectivity index (χ0) is 17.8. The van der Waals surface area contributed by atoms with Crippen LogP contribution in [0.15, 0.2) is 24.3 Å². The molecule has 7 nitrogen and oxygen atoms in total. The summed E-state index contributed by atoms with van der Waals surface area (Å²) >= 11 is 0. The first-order valence-corrected chi connectivity index (χ1v) is 8.81. The highest BCUT2D eigenvalue weighted by atomic mass is 16.3. The molecule has 0 aromatic heterocycles. The highest BCUT2D eigenvalue weighted by Gasteiger charge is 2.25. The average Bonchev–Trinajstić information content (AvgIpc) is 3.39. The van der Waals surface area contributed by atoms with E-state index in [0.29, 0.717) is 19.1 Å². The largest absolute Gasteiger partial charge is 0.508 e. The Hall–Kier alpha value is -2.28. The fraction of sp³-hybridized carbons (Fsp3) is 0.556. The lowest BCUT2D eigenvalue weighted by Gasteiger charge is -2.36. The molecule has 2 fully saturated rings. The minimum absolute atomic E-state index is 0.00468. The molecule has 0 atom stereocenters. The molecule has 0 spiro atoms. The number of hydrogen-bond donors (Lipinski definition) is 2. The minimum atomic E-state index is -0.00468. The first-order valence-electron chi connectivity index (χ1n) is 8.81. The number of phenolic OH excluding ortho intramolecular Hbond substituents is 1. The van der Waals surface area contributed by atoms with Gasteiger partial charge in [-0.1, -0.05) is 0 Å². The number of phenols is 1. The monoisotopic (exact) mass is 346 g/mol. The molecule has 1 saturated carbocycles. The van der Waals surface area contributed by atoms with Gasteiger partial charge in [-0.2, -0.15) is 0 Å². The molecule has 136 valence electrons. The molecule has 7 heteroatoms. The fourth-order valence-corrected chi connectivity index (χ4v) is 3.01. The number of nitrogens with one attached hydrogen (secondary N) is 1. The van der Waals surface area contributed by atoms with Gasteiger partial charge in [-0.05, 0) is 44.2 Å². The van der Waals surface area contributed by atoms with Crippen LogP contribution in [0.4, 0.5) is 5.69 Å². The number of benzene rings is 1. The summed E-state index contributed by atoms with van der Waals surface area (Å²) in [4.78, 5) is 30.0. The minimum Gasteiger partial charge on any atom is -0.508 e. The Morgan fingerprint density at radius 3 is 2.36 bits per heavy atom. The Balaban J connectivity index is 1.41. The van der Waals surface area contributed by atoms with E-state index >= 15 is 0 Å². The maximum absolute atomic E-state index is 12.4. The molecule has 3 rings (SSSR count). The van der Waals surface area contributed by atoms with Crippen LogP contribution in [-0.2, 0) is 9.59 Å². The van der Waals surface area contributed by atoms with E-state index < -0.39 is 0 Å². The lowest BCUT2D eigenvalue weighted by molar-refractivity contribution is -0.133. The summed E-state index contributed by atoms with van der Waals surface area (Å²) in [5.41, 5.74) is 1.05. The summed E-state index contributed by atoms with van der Waals surface area (Å²) in [6, 6.07) is 7.48. The number of likely N-dealkylation sites (N-methyl/N-ethyl adjacent to an activating group) is 1. The van der Waals surface area contributed by atoms with Crippen molar-refractivity contribution in [1.82, 2.24) is 15.1 Å². The number of amides is 2. The van der Waals surface area contributed by atoms with Crippen molar-refractivity contribution in [1.29, 1.82) is 0 Å². The van der Waals surface area contributed by atoms with E-state index in [1.54, 1.807) is 24.1 Å². The molecule has 1 aromatic carbocycles. The predicted molar refractivity (Wildman–Crippen MR) is 95.6 cm³/mol. The SMILES string of the molecule is CN(CC(=O)NC1CC1)CC(=O)N1CCN(c2ccc(O)cc2)CC1. The summed E-state index contributed by atoms with van der Waals surface area (Å²) in [5, 5.41) is 12.3. The molecule has 1 aliphatic heterocycles. The van der Waals surface area contributed by atoms with Crippen LogP contribution in [0.3, 0.4) is 0 Å². The number of aromatic hydroxyl groups is 1. The van der Waals surface area contributed by atoms with Crippen LogP contribution in [0.2, 0.25) is 0 Å². The number of nitrogens with zero attached hydrogens (tertiary/aromatic N) is 3.